The number of hydrogen-bond donors (Lipinski definition) is 1. The first-order valence-corrected chi connectivity index (χ1v) is 6.35. The minimum atomic E-state index is -0.410. The van der Waals surface area contributed by atoms with Gasteiger partial charge in [0.25, 0.3) is 5.69 Å². The second-order valence-electron chi connectivity index (χ2n) is 3.82. The van der Waals surface area contributed by atoms with E-state index in [1.54, 1.807) is 12.1 Å². The van der Waals surface area contributed by atoms with Gasteiger partial charge in [-0.2, -0.15) is 4.98 Å². The third-order valence-corrected chi connectivity index (χ3v) is 3.14. The Bertz CT molecular complexity index is 559. The monoisotopic (exact) mass is 326 g/mol. The van der Waals surface area contributed by atoms with Gasteiger partial charge in [0.1, 0.15) is 0 Å². The minimum absolute atomic E-state index is 0.0671. The zero-order valence-electron chi connectivity index (χ0n) is 9.88. The number of aromatic nitrogens is 2. The quantitative estimate of drug-likeness (QED) is 0.496. The van der Waals surface area contributed by atoms with Crippen molar-refractivity contribution in [2.45, 2.75) is 13.0 Å². The zero-order chi connectivity index (χ0) is 13.7. The van der Waals surface area contributed by atoms with E-state index in [1.807, 2.05) is 6.07 Å². The molecule has 0 spiro atoms. The molecule has 0 bridgehead atoms. The maximum atomic E-state index is 10.8. The standard InChI is InChI=1S/C11H11BrN4O3/c12-9-2-1-8(5-10(9)16(17)18)6-13-4-3-11-14-7-19-15-11/h1-2,5,7,13H,3-4,6H2. The van der Waals surface area contributed by atoms with Gasteiger partial charge in [0.05, 0.1) is 9.40 Å². The SMILES string of the molecule is O=[N+]([O-])c1cc(CNCCc2ncon2)ccc1Br. The van der Waals surface area contributed by atoms with E-state index in [2.05, 4.69) is 35.9 Å². The zero-order valence-corrected chi connectivity index (χ0v) is 11.5. The number of hydrogen-bond acceptors (Lipinski definition) is 6. The molecular formula is C11H11BrN4O3. The average molecular weight is 327 g/mol. The molecule has 1 N–H and O–H groups in total. The lowest BCUT2D eigenvalue weighted by atomic mass is 10.2. The molecule has 8 heteroatoms. The van der Waals surface area contributed by atoms with E-state index < -0.39 is 4.92 Å². The second-order valence-corrected chi connectivity index (χ2v) is 4.67. The average Bonchev–Trinajstić information content (AvgIpc) is 2.89. The van der Waals surface area contributed by atoms with Crippen molar-refractivity contribution in [1.82, 2.24) is 15.5 Å². The van der Waals surface area contributed by atoms with Gasteiger partial charge >= 0.3 is 0 Å². The predicted octanol–water partition coefficient (Wildman–Crippen LogP) is 2.07. The van der Waals surface area contributed by atoms with Crippen LogP contribution in [0.5, 0.6) is 0 Å². The van der Waals surface area contributed by atoms with Gasteiger partial charge in [0.15, 0.2) is 5.82 Å². The highest BCUT2D eigenvalue weighted by Gasteiger charge is 2.11. The summed E-state index contributed by atoms with van der Waals surface area (Å²) in [7, 11) is 0. The van der Waals surface area contributed by atoms with Gasteiger partial charge in [-0.05, 0) is 27.6 Å². The van der Waals surface area contributed by atoms with Crippen LogP contribution in [-0.4, -0.2) is 21.6 Å². The number of nitrogens with zero attached hydrogens (tertiary/aromatic N) is 3. The highest BCUT2D eigenvalue weighted by Crippen LogP contribution is 2.25. The van der Waals surface area contributed by atoms with Gasteiger partial charge in [-0.15, -0.1) is 0 Å². The van der Waals surface area contributed by atoms with Crippen molar-refractivity contribution in [3.8, 4) is 0 Å². The molecule has 100 valence electrons. The summed E-state index contributed by atoms with van der Waals surface area (Å²) in [5, 5.41) is 17.6. The summed E-state index contributed by atoms with van der Waals surface area (Å²) in [6.07, 6.45) is 1.93. The molecule has 2 aromatic rings. The molecule has 2 rings (SSSR count). The number of benzene rings is 1. The lowest BCUT2D eigenvalue weighted by Gasteiger charge is -2.04. The largest absolute Gasteiger partial charge is 0.343 e. The molecule has 0 saturated heterocycles. The van der Waals surface area contributed by atoms with Crippen molar-refractivity contribution in [3.63, 3.8) is 0 Å². The number of rotatable bonds is 6. The van der Waals surface area contributed by atoms with Crippen molar-refractivity contribution < 1.29 is 9.45 Å². The Morgan fingerprint density at radius 1 is 1.47 bits per heavy atom. The fourth-order valence-corrected chi connectivity index (χ4v) is 1.94. The van der Waals surface area contributed by atoms with Gasteiger partial charge in [-0.1, -0.05) is 11.2 Å². The van der Waals surface area contributed by atoms with E-state index >= 15 is 0 Å². The fraction of sp³-hybridized carbons (Fsp3) is 0.273. The summed E-state index contributed by atoms with van der Waals surface area (Å²) in [5.74, 6) is 0.634. The lowest BCUT2D eigenvalue weighted by Crippen LogP contribution is -2.17. The Labute approximate surface area is 117 Å². The minimum Gasteiger partial charge on any atom is -0.343 e. The van der Waals surface area contributed by atoms with Crippen molar-refractivity contribution in [2.24, 2.45) is 0 Å². The van der Waals surface area contributed by atoms with Crippen LogP contribution in [0.4, 0.5) is 5.69 Å². The topological polar surface area (TPSA) is 94.1 Å². The van der Waals surface area contributed by atoms with Crippen LogP contribution in [0.25, 0.3) is 0 Å². The van der Waals surface area contributed by atoms with Crippen LogP contribution in [0.3, 0.4) is 0 Å². The highest BCUT2D eigenvalue weighted by atomic mass is 79.9. The molecule has 0 aliphatic rings. The molecule has 0 amide bonds. The molecule has 1 aromatic heterocycles. The normalized spacial score (nSPS) is 10.6. The molecule has 1 aromatic carbocycles. The Hall–Kier alpha value is -1.80. The summed E-state index contributed by atoms with van der Waals surface area (Å²) in [6, 6.07) is 5.05. The molecule has 0 saturated carbocycles. The van der Waals surface area contributed by atoms with E-state index in [0.717, 1.165) is 5.56 Å². The third-order valence-electron chi connectivity index (χ3n) is 2.47. The molecule has 0 aliphatic heterocycles. The first-order chi connectivity index (χ1) is 9.16. The van der Waals surface area contributed by atoms with Gasteiger partial charge < -0.3 is 9.84 Å². The van der Waals surface area contributed by atoms with E-state index in [0.29, 0.717) is 29.8 Å². The highest BCUT2D eigenvalue weighted by molar-refractivity contribution is 9.10. The summed E-state index contributed by atoms with van der Waals surface area (Å²) in [6.45, 7) is 1.22. The first-order valence-electron chi connectivity index (χ1n) is 5.55. The maximum absolute atomic E-state index is 10.8. The van der Waals surface area contributed by atoms with Gasteiger partial charge in [0.2, 0.25) is 6.39 Å². The van der Waals surface area contributed by atoms with Crippen LogP contribution in [0.15, 0.2) is 33.6 Å². The number of nitro groups is 1. The van der Waals surface area contributed by atoms with Crippen LogP contribution < -0.4 is 5.32 Å². The van der Waals surface area contributed by atoms with Gasteiger partial charge in [0, 0.05) is 25.6 Å². The molecule has 0 unspecified atom stereocenters. The Kier molecular flexibility index (Phi) is 4.58. The molecule has 1 heterocycles. The Balaban J connectivity index is 1.86. The van der Waals surface area contributed by atoms with E-state index in [1.165, 1.54) is 6.39 Å². The van der Waals surface area contributed by atoms with Crippen LogP contribution in [-0.2, 0) is 13.0 Å². The van der Waals surface area contributed by atoms with Gasteiger partial charge in [-0.3, -0.25) is 10.1 Å². The van der Waals surface area contributed by atoms with Crippen molar-refractivity contribution >= 4 is 21.6 Å². The van der Waals surface area contributed by atoms with E-state index in [4.69, 9.17) is 0 Å². The third kappa shape index (κ3) is 3.83. The molecule has 0 aliphatic carbocycles. The molecular weight excluding hydrogens is 316 g/mol. The fourth-order valence-electron chi connectivity index (χ4n) is 1.54. The van der Waals surface area contributed by atoms with E-state index in [-0.39, 0.29) is 5.69 Å². The number of halogens is 1. The summed E-state index contributed by atoms with van der Waals surface area (Å²) < 4.78 is 5.10. The summed E-state index contributed by atoms with van der Waals surface area (Å²) in [4.78, 5) is 14.3. The maximum Gasteiger partial charge on any atom is 0.283 e. The van der Waals surface area contributed by atoms with Crippen molar-refractivity contribution in [1.29, 1.82) is 0 Å². The van der Waals surface area contributed by atoms with Crippen molar-refractivity contribution in [2.75, 3.05) is 6.54 Å². The van der Waals surface area contributed by atoms with E-state index in [9.17, 15) is 10.1 Å². The molecule has 0 radical (unpaired) electrons. The summed E-state index contributed by atoms with van der Waals surface area (Å²) in [5.41, 5.74) is 0.917. The smallest absolute Gasteiger partial charge is 0.283 e. The molecule has 0 atom stereocenters. The number of nitrogens with one attached hydrogen (secondary N) is 1. The van der Waals surface area contributed by atoms with Gasteiger partial charge in [-0.25, -0.2) is 0 Å². The molecule has 0 fully saturated rings. The molecule has 19 heavy (non-hydrogen) atoms. The van der Waals surface area contributed by atoms with Crippen LogP contribution >= 0.6 is 15.9 Å². The summed E-state index contributed by atoms with van der Waals surface area (Å²) >= 11 is 3.15. The second kappa shape index (κ2) is 6.39. The first kappa shape index (κ1) is 13.6. The lowest BCUT2D eigenvalue weighted by molar-refractivity contribution is -0.385. The van der Waals surface area contributed by atoms with Crippen LogP contribution in [0.1, 0.15) is 11.4 Å². The van der Waals surface area contributed by atoms with Crippen LogP contribution in [0.2, 0.25) is 0 Å². The predicted molar refractivity (Wildman–Crippen MR) is 70.5 cm³/mol. The number of nitro benzene ring substituents is 1. The Morgan fingerprint density at radius 2 is 2.32 bits per heavy atom. The Morgan fingerprint density at radius 3 is 3.00 bits per heavy atom. The molecule has 7 nitrogen and oxygen atoms in total. The van der Waals surface area contributed by atoms with Crippen molar-refractivity contribution in [3.05, 3.63) is 50.6 Å². The van der Waals surface area contributed by atoms with Crippen LogP contribution in [0, 0.1) is 10.1 Å².